The highest BCUT2D eigenvalue weighted by molar-refractivity contribution is 6.50. The van der Waals surface area contributed by atoms with Gasteiger partial charge in [-0.15, -0.1) is 0 Å². The van der Waals surface area contributed by atoms with Crippen molar-refractivity contribution in [3.63, 3.8) is 0 Å². The van der Waals surface area contributed by atoms with Crippen molar-refractivity contribution < 1.29 is 8.85 Å². The SMILES string of the molecule is CCCCC=C[Si](OC)OC. The Balaban J connectivity index is 3.36. The monoisotopic (exact) mass is 173 g/mol. The molecule has 0 rings (SSSR count). The van der Waals surface area contributed by atoms with Crippen molar-refractivity contribution in [1.82, 2.24) is 0 Å². The molecule has 0 amide bonds. The Labute approximate surface area is 71.1 Å². The molecule has 65 valence electrons. The molecule has 0 atom stereocenters. The molecule has 0 heterocycles. The Morgan fingerprint density at radius 3 is 2.36 bits per heavy atom. The molecule has 0 N–H and O–H groups in total. The van der Waals surface area contributed by atoms with Crippen LogP contribution in [0.4, 0.5) is 0 Å². The summed E-state index contributed by atoms with van der Waals surface area (Å²) < 4.78 is 10.1. The van der Waals surface area contributed by atoms with E-state index in [4.69, 9.17) is 8.85 Å². The zero-order valence-electron chi connectivity index (χ0n) is 7.59. The van der Waals surface area contributed by atoms with Gasteiger partial charge in [-0.3, -0.25) is 0 Å². The first-order valence-electron chi connectivity index (χ1n) is 3.96. The van der Waals surface area contributed by atoms with Gasteiger partial charge in [0.1, 0.15) is 0 Å². The minimum absolute atomic E-state index is 1.08. The molecule has 0 aliphatic rings. The molecule has 0 spiro atoms. The quantitative estimate of drug-likeness (QED) is 0.452. The molecular formula is C8H17O2Si. The highest BCUT2D eigenvalue weighted by Gasteiger charge is 2.04. The topological polar surface area (TPSA) is 18.5 Å². The lowest BCUT2D eigenvalue weighted by Crippen LogP contribution is -2.15. The summed E-state index contributed by atoms with van der Waals surface area (Å²) in [6.07, 6.45) is 5.77. The maximum atomic E-state index is 5.07. The molecule has 2 nitrogen and oxygen atoms in total. The van der Waals surface area contributed by atoms with Crippen molar-refractivity contribution in [3.8, 4) is 0 Å². The summed E-state index contributed by atoms with van der Waals surface area (Å²) >= 11 is 0. The smallest absolute Gasteiger partial charge is 0.394 e. The summed E-state index contributed by atoms with van der Waals surface area (Å²) in [6, 6.07) is 0. The minimum Gasteiger partial charge on any atom is -0.394 e. The Bertz CT molecular complexity index is 100. The van der Waals surface area contributed by atoms with Crippen molar-refractivity contribution in [3.05, 3.63) is 11.8 Å². The summed E-state index contributed by atoms with van der Waals surface area (Å²) in [4.78, 5) is 0. The molecule has 1 radical (unpaired) electrons. The summed E-state index contributed by atoms with van der Waals surface area (Å²) in [5, 5.41) is 0. The van der Waals surface area contributed by atoms with Crippen LogP contribution in [0.1, 0.15) is 26.2 Å². The first-order chi connectivity index (χ1) is 5.35. The molecular weight excluding hydrogens is 156 g/mol. The number of hydrogen-bond donors (Lipinski definition) is 0. The molecule has 0 unspecified atom stereocenters. The van der Waals surface area contributed by atoms with Gasteiger partial charge in [0.15, 0.2) is 0 Å². The standard InChI is InChI=1S/C8H17O2Si/c1-4-5-6-7-8-11(9-2)10-3/h7-8H,4-6H2,1-3H3. The fourth-order valence-corrected chi connectivity index (χ4v) is 1.52. The highest BCUT2D eigenvalue weighted by Crippen LogP contribution is 1.96. The van der Waals surface area contributed by atoms with Crippen LogP contribution in [-0.2, 0) is 8.85 Å². The van der Waals surface area contributed by atoms with Crippen LogP contribution >= 0.6 is 0 Å². The Kier molecular flexibility index (Phi) is 7.89. The van der Waals surface area contributed by atoms with Crippen LogP contribution in [0.25, 0.3) is 0 Å². The number of unbranched alkanes of at least 4 members (excludes halogenated alkanes) is 2. The average Bonchev–Trinajstić information content (AvgIpc) is 2.05. The van der Waals surface area contributed by atoms with E-state index >= 15 is 0 Å². The number of rotatable bonds is 6. The van der Waals surface area contributed by atoms with Gasteiger partial charge in [0.25, 0.3) is 0 Å². The normalized spacial score (nSPS) is 11.6. The van der Waals surface area contributed by atoms with Crippen LogP contribution in [0.2, 0.25) is 0 Å². The molecule has 0 aromatic heterocycles. The molecule has 11 heavy (non-hydrogen) atoms. The van der Waals surface area contributed by atoms with Crippen molar-refractivity contribution in [1.29, 1.82) is 0 Å². The van der Waals surface area contributed by atoms with Crippen LogP contribution in [0.3, 0.4) is 0 Å². The van der Waals surface area contributed by atoms with Gasteiger partial charge in [0, 0.05) is 14.2 Å². The van der Waals surface area contributed by atoms with Gasteiger partial charge >= 0.3 is 9.28 Å². The Morgan fingerprint density at radius 1 is 1.27 bits per heavy atom. The lowest BCUT2D eigenvalue weighted by Gasteiger charge is -2.01. The van der Waals surface area contributed by atoms with Crippen molar-refractivity contribution in [2.45, 2.75) is 26.2 Å². The first kappa shape index (κ1) is 10.9. The predicted molar refractivity (Wildman–Crippen MR) is 48.4 cm³/mol. The van der Waals surface area contributed by atoms with Gasteiger partial charge in [-0.1, -0.05) is 25.8 Å². The van der Waals surface area contributed by atoms with Gasteiger partial charge in [0.05, 0.1) is 0 Å². The molecule has 0 saturated heterocycles. The highest BCUT2D eigenvalue weighted by atomic mass is 28.3. The Morgan fingerprint density at radius 2 is 1.91 bits per heavy atom. The zero-order chi connectivity index (χ0) is 8.53. The van der Waals surface area contributed by atoms with Crippen molar-refractivity contribution in [2.24, 2.45) is 0 Å². The van der Waals surface area contributed by atoms with Crippen molar-refractivity contribution in [2.75, 3.05) is 14.2 Å². The molecule has 0 bridgehead atoms. The summed E-state index contributed by atoms with van der Waals surface area (Å²) in [5.41, 5.74) is 2.04. The third-order valence-electron chi connectivity index (χ3n) is 1.38. The van der Waals surface area contributed by atoms with Gasteiger partial charge in [0.2, 0.25) is 0 Å². The van der Waals surface area contributed by atoms with Crippen LogP contribution < -0.4 is 0 Å². The van der Waals surface area contributed by atoms with Crippen LogP contribution in [0.5, 0.6) is 0 Å². The van der Waals surface area contributed by atoms with E-state index in [2.05, 4.69) is 13.0 Å². The number of allylic oxidation sites excluding steroid dienone is 1. The number of hydrogen-bond acceptors (Lipinski definition) is 2. The second kappa shape index (κ2) is 7.98. The fourth-order valence-electron chi connectivity index (χ4n) is 0.721. The van der Waals surface area contributed by atoms with Crippen molar-refractivity contribution >= 4 is 9.28 Å². The largest absolute Gasteiger partial charge is 0.414 e. The van der Waals surface area contributed by atoms with E-state index in [1.807, 2.05) is 5.70 Å². The second-order valence-electron chi connectivity index (χ2n) is 2.27. The minimum atomic E-state index is -1.08. The third-order valence-corrected chi connectivity index (χ3v) is 2.69. The predicted octanol–water partition coefficient (Wildman–Crippen LogP) is 2.05. The third kappa shape index (κ3) is 6.28. The lowest BCUT2D eigenvalue weighted by atomic mass is 10.2. The Hall–Kier alpha value is -0.123. The van der Waals surface area contributed by atoms with Gasteiger partial charge in [-0.05, 0) is 12.1 Å². The van der Waals surface area contributed by atoms with E-state index in [1.165, 1.54) is 12.8 Å². The van der Waals surface area contributed by atoms with Crippen LogP contribution in [0, 0.1) is 0 Å². The lowest BCUT2D eigenvalue weighted by molar-refractivity contribution is 0.290. The van der Waals surface area contributed by atoms with E-state index in [9.17, 15) is 0 Å². The van der Waals surface area contributed by atoms with Gasteiger partial charge < -0.3 is 8.85 Å². The second-order valence-corrected chi connectivity index (χ2v) is 4.06. The molecule has 0 aliphatic heterocycles. The molecule has 0 aromatic carbocycles. The first-order valence-corrected chi connectivity index (χ1v) is 5.36. The van der Waals surface area contributed by atoms with Gasteiger partial charge in [-0.2, -0.15) is 0 Å². The summed E-state index contributed by atoms with van der Waals surface area (Å²) in [7, 11) is 2.28. The molecule has 0 aromatic rings. The summed E-state index contributed by atoms with van der Waals surface area (Å²) in [6.45, 7) is 2.19. The molecule has 0 fully saturated rings. The zero-order valence-corrected chi connectivity index (χ0v) is 8.59. The average molecular weight is 173 g/mol. The fraction of sp³-hybridized carbons (Fsp3) is 0.750. The maximum absolute atomic E-state index is 5.07. The van der Waals surface area contributed by atoms with E-state index < -0.39 is 9.28 Å². The molecule has 0 saturated carbocycles. The van der Waals surface area contributed by atoms with E-state index in [0.29, 0.717) is 0 Å². The van der Waals surface area contributed by atoms with Crippen LogP contribution in [0.15, 0.2) is 11.8 Å². The van der Waals surface area contributed by atoms with Gasteiger partial charge in [-0.25, -0.2) is 0 Å². The van der Waals surface area contributed by atoms with E-state index in [0.717, 1.165) is 6.42 Å². The molecule has 0 aliphatic carbocycles. The maximum Gasteiger partial charge on any atom is 0.414 e. The van der Waals surface area contributed by atoms with Crippen LogP contribution in [-0.4, -0.2) is 23.5 Å². The van der Waals surface area contributed by atoms with E-state index in [1.54, 1.807) is 14.2 Å². The summed E-state index contributed by atoms with van der Waals surface area (Å²) in [5.74, 6) is 0. The van der Waals surface area contributed by atoms with E-state index in [-0.39, 0.29) is 0 Å². The molecule has 3 heteroatoms.